The third-order valence-electron chi connectivity index (χ3n) is 9.44. The molecule has 5 aliphatic carbocycles. The zero-order valence-corrected chi connectivity index (χ0v) is 18.3. The van der Waals surface area contributed by atoms with Gasteiger partial charge in [0.15, 0.2) is 0 Å². The summed E-state index contributed by atoms with van der Waals surface area (Å²) in [6, 6.07) is 0. The lowest BCUT2D eigenvalue weighted by atomic mass is 9.65. The highest BCUT2D eigenvalue weighted by Gasteiger charge is 2.34. The van der Waals surface area contributed by atoms with Crippen molar-refractivity contribution in [3.63, 3.8) is 0 Å². The summed E-state index contributed by atoms with van der Waals surface area (Å²) >= 11 is 0. The predicted molar refractivity (Wildman–Crippen MR) is 118 cm³/mol. The molecule has 0 heterocycles. The summed E-state index contributed by atoms with van der Waals surface area (Å²) < 4.78 is 0. The molecule has 0 aromatic heterocycles. The Kier molecular flexibility index (Phi) is 7.34. The van der Waals surface area contributed by atoms with Crippen molar-refractivity contribution in [2.45, 2.75) is 116 Å². The Bertz CT molecular complexity index is 498. The van der Waals surface area contributed by atoms with Gasteiger partial charge in [0.05, 0.1) is 0 Å². The van der Waals surface area contributed by atoms with Gasteiger partial charge in [0.25, 0.3) is 0 Å². The molecule has 28 heavy (non-hydrogen) atoms. The van der Waals surface area contributed by atoms with E-state index in [0.717, 1.165) is 48.3 Å². The molecule has 0 aromatic rings. The summed E-state index contributed by atoms with van der Waals surface area (Å²) in [5, 5.41) is 0. The van der Waals surface area contributed by atoms with E-state index in [0.29, 0.717) is 5.78 Å². The van der Waals surface area contributed by atoms with Gasteiger partial charge in [0.2, 0.25) is 0 Å². The quantitative estimate of drug-likeness (QED) is 0.452. The van der Waals surface area contributed by atoms with Gasteiger partial charge in [-0.05, 0) is 99.7 Å². The van der Waals surface area contributed by atoms with Gasteiger partial charge in [0, 0.05) is 12.8 Å². The summed E-state index contributed by atoms with van der Waals surface area (Å²) in [4.78, 5) is 10.9. The molecule has 0 saturated heterocycles. The fourth-order valence-corrected chi connectivity index (χ4v) is 6.86. The first kappa shape index (κ1) is 20.7. The molecule has 5 fully saturated rings. The molecule has 0 bridgehead atoms. The summed E-state index contributed by atoms with van der Waals surface area (Å²) in [6.07, 6.45) is 24.9. The summed E-state index contributed by atoms with van der Waals surface area (Å²) in [5.41, 5.74) is 1.52. The van der Waals surface area contributed by atoms with Crippen molar-refractivity contribution in [2.24, 2.45) is 35.5 Å². The number of rotatable bonds is 3. The van der Waals surface area contributed by atoms with Gasteiger partial charge >= 0.3 is 0 Å². The minimum Gasteiger partial charge on any atom is -0.300 e. The van der Waals surface area contributed by atoms with Gasteiger partial charge < -0.3 is 0 Å². The van der Waals surface area contributed by atoms with E-state index in [1.165, 1.54) is 69.8 Å². The molecule has 0 radical (unpaired) electrons. The first-order valence-electron chi connectivity index (χ1n) is 12.9. The minimum absolute atomic E-state index is 0.501. The monoisotopic (exact) mass is 384 g/mol. The second-order valence-corrected chi connectivity index (χ2v) is 11.0. The Morgan fingerprint density at radius 1 is 0.464 bits per heavy atom. The van der Waals surface area contributed by atoms with Crippen LogP contribution in [0.2, 0.25) is 0 Å². The van der Waals surface area contributed by atoms with Crippen molar-refractivity contribution >= 4 is 5.78 Å². The molecule has 0 amide bonds. The third kappa shape index (κ3) is 5.31. The van der Waals surface area contributed by atoms with E-state index in [9.17, 15) is 4.79 Å². The van der Waals surface area contributed by atoms with E-state index in [1.807, 2.05) is 0 Å². The van der Waals surface area contributed by atoms with E-state index < -0.39 is 0 Å². The van der Waals surface area contributed by atoms with Crippen LogP contribution < -0.4 is 0 Å². The maximum atomic E-state index is 10.9. The Morgan fingerprint density at radius 3 is 1.14 bits per heavy atom. The zero-order chi connectivity index (χ0) is 19.3. The summed E-state index contributed by atoms with van der Waals surface area (Å²) in [7, 11) is 0. The second-order valence-electron chi connectivity index (χ2n) is 11.0. The molecule has 0 atom stereocenters. The van der Waals surface area contributed by atoms with Gasteiger partial charge in [-0.15, -0.1) is 0 Å². The molecule has 5 saturated carbocycles. The number of carbonyl (C=O) groups excluding carboxylic acids is 1. The Labute approximate surface area is 174 Å². The Balaban J connectivity index is 0.000000151. The molecule has 5 aliphatic rings. The van der Waals surface area contributed by atoms with Crippen molar-refractivity contribution in [2.75, 3.05) is 0 Å². The lowest BCUT2D eigenvalue weighted by Crippen LogP contribution is -2.29. The van der Waals surface area contributed by atoms with Crippen LogP contribution in [0.25, 0.3) is 0 Å². The van der Waals surface area contributed by atoms with Crippen LogP contribution in [-0.2, 0) is 4.79 Å². The smallest absolute Gasteiger partial charge is 0.132 e. The number of hydrogen-bond donors (Lipinski definition) is 0. The maximum absolute atomic E-state index is 10.9. The zero-order valence-electron chi connectivity index (χ0n) is 18.3. The molecule has 0 unspecified atom stereocenters. The van der Waals surface area contributed by atoms with Crippen LogP contribution in [0.15, 0.2) is 12.2 Å². The van der Waals surface area contributed by atoms with Crippen LogP contribution in [0.5, 0.6) is 0 Å². The molecular weight excluding hydrogens is 340 g/mol. The van der Waals surface area contributed by atoms with Crippen molar-refractivity contribution in [1.82, 2.24) is 0 Å². The standard InChI is InChI=1S/C17H28.C10H16O/c1-13-5-7-15(8-6-13)17-11-9-16(10-12-17)14-3-2-4-14;11-10-6-4-9(5-7-10)8-2-1-3-8/h14-17H,1-12H2;8-9H,1-7H2. The van der Waals surface area contributed by atoms with Crippen LogP contribution in [0.1, 0.15) is 116 Å². The number of ketones is 1. The molecule has 0 spiro atoms. The number of hydrogen-bond acceptors (Lipinski definition) is 1. The Morgan fingerprint density at radius 2 is 0.786 bits per heavy atom. The number of carbonyl (C=O) groups is 1. The second kappa shape index (κ2) is 9.94. The van der Waals surface area contributed by atoms with E-state index in [-0.39, 0.29) is 0 Å². The van der Waals surface area contributed by atoms with Gasteiger partial charge in [-0.1, -0.05) is 50.7 Å². The molecule has 0 N–H and O–H groups in total. The average Bonchev–Trinajstić information content (AvgIpc) is 2.63. The van der Waals surface area contributed by atoms with E-state index in [4.69, 9.17) is 0 Å². The molecule has 0 aliphatic heterocycles. The molecule has 1 nitrogen and oxygen atoms in total. The fourth-order valence-electron chi connectivity index (χ4n) is 6.86. The highest BCUT2D eigenvalue weighted by molar-refractivity contribution is 5.79. The maximum Gasteiger partial charge on any atom is 0.132 e. The molecule has 158 valence electrons. The van der Waals surface area contributed by atoms with Crippen molar-refractivity contribution in [3.05, 3.63) is 12.2 Å². The highest BCUT2D eigenvalue weighted by Crippen LogP contribution is 2.46. The molecule has 0 aromatic carbocycles. The normalized spacial score (nSPS) is 33.6. The highest BCUT2D eigenvalue weighted by atomic mass is 16.1. The first-order valence-corrected chi connectivity index (χ1v) is 12.9. The van der Waals surface area contributed by atoms with E-state index >= 15 is 0 Å². The summed E-state index contributed by atoms with van der Waals surface area (Å²) in [5.74, 6) is 6.83. The van der Waals surface area contributed by atoms with Crippen LogP contribution >= 0.6 is 0 Å². The van der Waals surface area contributed by atoms with Gasteiger partial charge in [-0.2, -0.15) is 0 Å². The van der Waals surface area contributed by atoms with Gasteiger partial charge in [-0.3, -0.25) is 4.79 Å². The van der Waals surface area contributed by atoms with E-state index in [1.54, 1.807) is 38.5 Å². The first-order chi connectivity index (χ1) is 13.7. The minimum atomic E-state index is 0.501. The lowest BCUT2D eigenvalue weighted by Gasteiger charge is -2.41. The van der Waals surface area contributed by atoms with Crippen LogP contribution in [0, 0.1) is 35.5 Å². The predicted octanol–water partition coefficient (Wildman–Crippen LogP) is 7.89. The average molecular weight is 385 g/mol. The molecule has 5 rings (SSSR count). The van der Waals surface area contributed by atoms with Crippen molar-refractivity contribution in [1.29, 1.82) is 0 Å². The van der Waals surface area contributed by atoms with Gasteiger partial charge in [0.1, 0.15) is 5.78 Å². The van der Waals surface area contributed by atoms with E-state index in [2.05, 4.69) is 6.58 Å². The lowest BCUT2D eigenvalue weighted by molar-refractivity contribution is -0.121. The van der Waals surface area contributed by atoms with Crippen LogP contribution in [0.4, 0.5) is 0 Å². The van der Waals surface area contributed by atoms with Crippen LogP contribution in [0.3, 0.4) is 0 Å². The largest absolute Gasteiger partial charge is 0.300 e. The van der Waals surface area contributed by atoms with Crippen LogP contribution in [-0.4, -0.2) is 5.78 Å². The van der Waals surface area contributed by atoms with Gasteiger partial charge in [-0.25, -0.2) is 0 Å². The number of Topliss-reactive ketones (excluding diaryl/α,β-unsaturated/α-hetero) is 1. The number of allylic oxidation sites excluding steroid dienone is 1. The SMILES string of the molecule is C=C1CCC(C2CCC(C3CCC3)CC2)CC1.O=C1CCC(C2CCC2)CC1. The summed E-state index contributed by atoms with van der Waals surface area (Å²) in [6.45, 7) is 4.15. The molecule has 1 heteroatoms. The topological polar surface area (TPSA) is 17.1 Å². The third-order valence-corrected chi connectivity index (χ3v) is 9.44. The van der Waals surface area contributed by atoms with Crippen molar-refractivity contribution in [3.8, 4) is 0 Å². The Hall–Kier alpha value is -0.590. The molecular formula is C27H44O. The fraction of sp³-hybridized carbons (Fsp3) is 0.889. The van der Waals surface area contributed by atoms with Crippen molar-refractivity contribution < 1.29 is 4.79 Å².